The van der Waals surface area contributed by atoms with Crippen LogP contribution in [-0.4, -0.2) is 19.6 Å². The van der Waals surface area contributed by atoms with E-state index < -0.39 is 0 Å². The second-order valence-corrected chi connectivity index (χ2v) is 3.77. The molecule has 4 nitrogen and oxygen atoms in total. The molecule has 15 heavy (non-hydrogen) atoms. The molecule has 0 spiro atoms. The molecule has 0 aliphatic carbocycles. The summed E-state index contributed by atoms with van der Waals surface area (Å²) in [5.41, 5.74) is 1.97. The van der Waals surface area contributed by atoms with Crippen LogP contribution in [0.4, 0.5) is 0 Å². The van der Waals surface area contributed by atoms with E-state index in [9.17, 15) is 0 Å². The van der Waals surface area contributed by atoms with Crippen LogP contribution in [0.3, 0.4) is 0 Å². The second kappa shape index (κ2) is 3.77. The topological polar surface area (TPSA) is 43.1 Å². The minimum Gasteiger partial charge on any atom is -0.216 e. The van der Waals surface area contributed by atoms with Gasteiger partial charge in [0, 0.05) is 17.7 Å². The van der Waals surface area contributed by atoms with Crippen molar-refractivity contribution in [1.29, 1.82) is 0 Å². The molecule has 2 heterocycles. The van der Waals surface area contributed by atoms with Gasteiger partial charge < -0.3 is 0 Å². The van der Waals surface area contributed by atoms with Crippen LogP contribution in [0.2, 0.25) is 5.15 Å². The van der Waals surface area contributed by atoms with Gasteiger partial charge in [-0.2, -0.15) is 9.50 Å². The largest absolute Gasteiger partial charge is 0.254 e. The van der Waals surface area contributed by atoms with Crippen molar-refractivity contribution in [1.82, 2.24) is 19.6 Å². The molecule has 0 atom stereocenters. The summed E-state index contributed by atoms with van der Waals surface area (Å²) >= 11 is 6.24. The third kappa shape index (κ3) is 1.59. The summed E-state index contributed by atoms with van der Waals surface area (Å²) in [5.74, 6) is 1.36. The van der Waals surface area contributed by atoms with Crippen LogP contribution >= 0.6 is 11.6 Å². The maximum atomic E-state index is 6.24. The Kier molecular flexibility index (Phi) is 2.61. The molecule has 0 aromatic carbocycles. The Balaban J connectivity index is 2.76. The van der Waals surface area contributed by atoms with Crippen LogP contribution in [0.5, 0.6) is 0 Å². The minimum atomic E-state index is 0.589. The molecule has 0 unspecified atom stereocenters. The van der Waals surface area contributed by atoms with E-state index >= 15 is 0 Å². The van der Waals surface area contributed by atoms with Crippen molar-refractivity contribution in [2.75, 3.05) is 0 Å². The van der Waals surface area contributed by atoms with Crippen LogP contribution in [0.15, 0.2) is 0 Å². The molecule has 0 bridgehead atoms. The number of fused-ring (bicyclic) bond motifs is 1. The molecule has 0 amide bonds. The highest BCUT2D eigenvalue weighted by molar-refractivity contribution is 6.30. The second-order valence-electron chi connectivity index (χ2n) is 3.41. The van der Waals surface area contributed by atoms with Crippen molar-refractivity contribution in [2.24, 2.45) is 0 Å². The maximum absolute atomic E-state index is 6.24. The molecule has 2 rings (SSSR count). The zero-order valence-electron chi connectivity index (χ0n) is 9.08. The Hall–Kier alpha value is -1.16. The lowest BCUT2D eigenvalue weighted by Crippen LogP contribution is -2.01. The van der Waals surface area contributed by atoms with E-state index in [1.807, 2.05) is 13.8 Å². The lowest BCUT2D eigenvalue weighted by atomic mass is 10.2. The fourth-order valence-electron chi connectivity index (χ4n) is 1.60. The van der Waals surface area contributed by atoms with Gasteiger partial charge in [0.2, 0.25) is 0 Å². The summed E-state index contributed by atoms with van der Waals surface area (Å²) in [4.78, 5) is 8.67. The molecule has 0 radical (unpaired) electrons. The van der Waals surface area contributed by atoms with Crippen molar-refractivity contribution >= 4 is 17.4 Å². The van der Waals surface area contributed by atoms with Gasteiger partial charge >= 0.3 is 0 Å². The summed E-state index contributed by atoms with van der Waals surface area (Å²) in [6.45, 7) is 6.01. The Labute approximate surface area is 93.3 Å². The molecule has 2 aromatic rings. The van der Waals surface area contributed by atoms with E-state index in [1.165, 1.54) is 0 Å². The van der Waals surface area contributed by atoms with Crippen molar-refractivity contribution in [2.45, 2.75) is 33.6 Å². The van der Waals surface area contributed by atoms with E-state index in [0.717, 1.165) is 29.9 Å². The first kappa shape index (κ1) is 10.4. The molecule has 0 N–H and O–H groups in total. The summed E-state index contributed by atoms with van der Waals surface area (Å²) < 4.78 is 1.62. The van der Waals surface area contributed by atoms with Crippen molar-refractivity contribution in [3.05, 3.63) is 22.2 Å². The lowest BCUT2D eigenvalue weighted by Gasteiger charge is -2.05. The maximum Gasteiger partial charge on any atom is 0.254 e. The third-order valence-electron chi connectivity index (χ3n) is 2.44. The Morgan fingerprint density at radius 2 is 1.93 bits per heavy atom. The molecule has 2 aromatic heterocycles. The van der Waals surface area contributed by atoms with E-state index in [2.05, 4.69) is 22.0 Å². The minimum absolute atomic E-state index is 0.589. The van der Waals surface area contributed by atoms with Crippen LogP contribution in [-0.2, 0) is 12.8 Å². The molecule has 80 valence electrons. The molecule has 0 saturated carbocycles. The number of nitrogens with zero attached hydrogens (tertiary/aromatic N) is 4. The van der Waals surface area contributed by atoms with E-state index in [-0.39, 0.29) is 0 Å². The van der Waals surface area contributed by atoms with Crippen LogP contribution in [0.1, 0.15) is 30.9 Å². The first-order valence-electron chi connectivity index (χ1n) is 5.08. The lowest BCUT2D eigenvalue weighted by molar-refractivity contribution is 0.859. The summed E-state index contributed by atoms with van der Waals surface area (Å²) in [6.07, 6.45) is 1.65. The monoisotopic (exact) mass is 224 g/mol. The molecule has 0 saturated heterocycles. The standard InChI is InChI=1S/C10H13ClN4/c1-4-7-6(3)12-10-13-8(5-2)14-15(10)9(7)11/h4-5H2,1-3H3. The number of aryl methyl sites for hydroxylation is 2. The molecule has 0 aliphatic rings. The molecular weight excluding hydrogens is 212 g/mol. The van der Waals surface area contributed by atoms with E-state index in [0.29, 0.717) is 10.9 Å². The normalized spacial score (nSPS) is 11.2. The first-order valence-corrected chi connectivity index (χ1v) is 5.45. The average Bonchev–Trinajstić information content (AvgIpc) is 2.61. The van der Waals surface area contributed by atoms with Gasteiger partial charge in [-0.15, -0.1) is 5.10 Å². The zero-order valence-corrected chi connectivity index (χ0v) is 9.84. The van der Waals surface area contributed by atoms with E-state index in [1.54, 1.807) is 4.52 Å². The molecule has 0 fully saturated rings. The molecule has 5 heteroatoms. The fraction of sp³-hybridized carbons (Fsp3) is 0.500. The van der Waals surface area contributed by atoms with Gasteiger partial charge in [-0.05, 0) is 13.3 Å². The number of hydrogen-bond acceptors (Lipinski definition) is 3. The average molecular weight is 225 g/mol. The Bertz CT molecular complexity index is 504. The molecular formula is C10H13ClN4. The highest BCUT2D eigenvalue weighted by Gasteiger charge is 2.12. The highest BCUT2D eigenvalue weighted by atomic mass is 35.5. The highest BCUT2D eigenvalue weighted by Crippen LogP contribution is 2.19. The zero-order chi connectivity index (χ0) is 11.0. The number of halogens is 1. The number of aromatic nitrogens is 4. The quantitative estimate of drug-likeness (QED) is 0.735. The third-order valence-corrected chi connectivity index (χ3v) is 2.83. The van der Waals surface area contributed by atoms with Gasteiger partial charge in [0.25, 0.3) is 5.78 Å². The van der Waals surface area contributed by atoms with Gasteiger partial charge in [0.15, 0.2) is 5.82 Å². The number of rotatable bonds is 2. The van der Waals surface area contributed by atoms with Crippen molar-refractivity contribution in [3.63, 3.8) is 0 Å². The van der Waals surface area contributed by atoms with Gasteiger partial charge in [0.1, 0.15) is 5.15 Å². The van der Waals surface area contributed by atoms with Gasteiger partial charge in [-0.1, -0.05) is 25.4 Å². The van der Waals surface area contributed by atoms with E-state index in [4.69, 9.17) is 11.6 Å². The van der Waals surface area contributed by atoms with Crippen LogP contribution < -0.4 is 0 Å². The van der Waals surface area contributed by atoms with Gasteiger partial charge in [-0.25, -0.2) is 4.98 Å². The van der Waals surface area contributed by atoms with Crippen molar-refractivity contribution < 1.29 is 0 Å². The fourth-order valence-corrected chi connectivity index (χ4v) is 1.98. The Morgan fingerprint density at radius 3 is 2.53 bits per heavy atom. The van der Waals surface area contributed by atoms with Crippen molar-refractivity contribution in [3.8, 4) is 0 Å². The summed E-state index contributed by atoms with van der Waals surface area (Å²) in [5, 5.41) is 4.92. The SMILES string of the molecule is CCc1nc2nc(C)c(CC)c(Cl)n2n1. The van der Waals surface area contributed by atoms with Gasteiger partial charge in [0.05, 0.1) is 0 Å². The Morgan fingerprint density at radius 1 is 1.20 bits per heavy atom. The first-order chi connectivity index (χ1) is 7.17. The van der Waals surface area contributed by atoms with Crippen LogP contribution in [0.25, 0.3) is 5.78 Å². The smallest absolute Gasteiger partial charge is 0.216 e. The predicted octanol–water partition coefficient (Wildman–Crippen LogP) is 2.21. The predicted molar refractivity (Wildman–Crippen MR) is 59.3 cm³/mol. The summed E-state index contributed by atoms with van der Waals surface area (Å²) in [7, 11) is 0. The van der Waals surface area contributed by atoms with Crippen LogP contribution in [0, 0.1) is 6.92 Å². The molecule has 0 aliphatic heterocycles. The van der Waals surface area contributed by atoms with Gasteiger partial charge in [-0.3, -0.25) is 0 Å². The number of hydrogen-bond donors (Lipinski definition) is 0. The summed E-state index contributed by atoms with van der Waals surface area (Å²) in [6, 6.07) is 0.